The van der Waals surface area contributed by atoms with Gasteiger partial charge in [-0.25, -0.2) is 13.1 Å². The van der Waals surface area contributed by atoms with Gasteiger partial charge in [-0.1, -0.05) is 42.5 Å². The first-order valence-corrected chi connectivity index (χ1v) is 9.59. The van der Waals surface area contributed by atoms with Gasteiger partial charge in [-0.3, -0.25) is 4.79 Å². The molecule has 1 unspecified atom stereocenters. The molecule has 0 aliphatic carbocycles. The standard InChI is InChI=1S/C18H22N2O5S/c19-17(22)18(23,14-7-2-1-3-8-14)15-9-6-10-16(13-15)26(24,25)20-11-4-5-12-21/h1-3,6-10,13,20-21,23H,4-5,11-12H2,(H2,19,22). The number of hydrogen-bond acceptors (Lipinski definition) is 5. The minimum Gasteiger partial charge on any atom is -0.396 e. The molecule has 0 fully saturated rings. The molecule has 1 amide bonds. The number of aliphatic hydroxyl groups excluding tert-OH is 1. The summed E-state index contributed by atoms with van der Waals surface area (Å²) in [5, 5.41) is 19.7. The van der Waals surface area contributed by atoms with Gasteiger partial charge in [0.15, 0.2) is 5.60 Å². The fourth-order valence-electron chi connectivity index (χ4n) is 2.55. The summed E-state index contributed by atoms with van der Waals surface area (Å²) in [4.78, 5) is 11.9. The molecule has 140 valence electrons. The maximum absolute atomic E-state index is 12.4. The highest BCUT2D eigenvalue weighted by Gasteiger charge is 2.38. The van der Waals surface area contributed by atoms with Crippen molar-refractivity contribution in [2.45, 2.75) is 23.3 Å². The Kier molecular flexibility index (Phi) is 6.49. The number of unbranched alkanes of at least 4 members (excludes halogenated alkanes) is 1. The van der Waals surface area contributed by atoms with E-state index in [1.165, 1.54) is 24.3 Å². The van der Waals surface area contributed by atoms with Crippen LogP contribution >= 0.6 is 0 Å². The van der Waals surface area contributed by atoms with E-state index in [2.05, 4.69) is 4.72 Å². The van der Waals surface area contributed by atoms with E-state index < -0.39 is 21.5 Å². The molecule has 0 heterocycles. The molecule has 0 spiro atoms. The molecule has 0 saturated heterocycles. The summed E-state index contributed by atoms with van der Waals surface area (Å²) in [6, 6.07) is 13.6. The first-order valence-electron chi connectivity index (χ1n) is 8.11. The van der Waals surface area contributed by atoms with Crippen molar-refractivity contribution in [1.29, 1.82) is 0 Å². The van der Waals surface area contributed by atoms with Gasteiger partial charge in [-0.05, 0) is 36.1 Å². The molecular formula is C18H22N2O5S. The predicted molar refractivity (Wildman–Crippen MR) is 96.6 cm³/mol. The van der Waals surface area contributed by atoms with Crippen LogP contribution in [0.5, 0.6) is 0 Å². The third-order valence-corrected chi connectivity index (χ3v) is 5.45. The number of carbonyl (C=O) groups excluding carboxylic acids is 1. The van der Waals surface area contributed by atoms with Crippen molar-refractivity contribution in [2.75, 3.05) is 13.2 Å². The average molecular weight is 378 g/mol. The molecule has 0 radical (unpaired) electrons. The van der Waals surface area contributed by atoms with Crippen molar-refractivity contribution in [3.8, 4) is 0 Å². The normalized spacial score (nSPS) is 13.9. The molecule has 0 bridgehead atoms. The van der Waals surface area contributed by atoms with E-state index in [9.17, 15) is 18.3 Å². The third kappa shape index (κ3) is 4.28. The van der Waals surface area contributed by atoms with Crippen LogP contribution in [0.25, 0.3) is 0 Å². The largest absolute Gasteiger partial charge is 0.396 e. The fraction of sp³-hybridized carbons (Fsp3) is 0.278. The van der Waals surface area contributed by atoms with Crippen molar-refractivity contribution < 1.29 is 23.4 Å². The Hall–Kier alpha value is -2.26. The summed E-state index contributed by atoms with van der Waals surface area (Å²) in [5.74, 6) is -1.01. The number of nitrogens with one attached hydrogen (secondary N) is 1. The molecule has 2 rings (SSSR count). The number of carbonyl (C=O) groups is 1. The molecule has 0 aliphatic heterocycles. The zero-order valence-electron chi connectivity index (χ0n) is 14.1. The number of nitrogens with two attached hydrogens (primary N) is 1. The third-order valence-electron chi connectivity index (χ3n) is 3.99. The van der Waals surface area contributed by atoms with Crippen molar-refractivity contribution in [1.82, 2.24) is 4.72 Å². The zero-order valence-corrected chi connectivity index (χ0v) is 14.9. The van der Waals surface area contributed by atoms with Crippen molar-refractivity contribution >= 4 is 15.9 Å². The minimum atomic E-state index is -3.83. The lowest BCUT2D eigenvalue weighted by Gasteiger charge is -2.26. The van der Waals surface area contributed by atoms with E-state index in [1.54, 1.807) is 30.3 Å². The zero-order chi connectivity index (χ0) is 19.2. The highest BCUT2D eigenvalue weighted by molar-refractivity contribution is 7.89. The molecule has 0 saturated carbocycles. The lowest BCUT2D eigenvalue weighted by Crippen LogP contribution is -2.42. The number of rotatable bonds is 9. The number of primary amides is 1. The molecule has 26 heavy (non-hydrogen) atoms. The smallest absolute Gasteiger partial charge is 0.258 e. The van der Waals surface area contributed by atoms with Crippen LogP contribution in [0, 0.1) is 0 Å². The van der Waals surface area contributed by atoms with Crippen LogP contribution in [0.15, 0.2) is 59.5 Å². The first-order chi connectivity index (χ1) is 12.3. The van der Waals surface area contributed by atoms with E-state index in [0.29, 0.717) is 12.8 Å². The minimum absolute atomic E-state index is 0.0140. The van der Waals surface area contributed by atoms with E-state index >= 15 is 0 Å². The predicted octanol–water partition coefficient (Wildman–Crippen LogP) is 0.459. The number of aliphatic hydroxyl groups is 2. The second kappa shape index (κ2) is 8.41. The Balaban J connectivity index is 2.39. The molecule has 8 heteroatoms. The summed E-state index contributed by atoms with van der Waals surface area (Å²) in [6.45, 7) is 0.159. The topological polar surface area (TPSA) is 130 Å². The number of hydrogen-bond donors (Lipinski definition) is 4. The molecule has 2 aromatic rings. The van der Waals surface area contributed by atoms with Gasteiger partial charge < -0.3 is 15.9 Å². The quantitative estimate of drug-likeness (QED) is 0.471. The fourth-order valence-corrected chi connectivity index (χ4v) is 3.67. The van der Waals surface area contributed by atoms with Gasteiger partial charge in [0.1, 0.15) is 0 Å². The van der Waals surface area contributed by atoms with Crippen molar-refractivity contribution in [3.63, 3.8) is 0 Å². The van der Waals surface area contributed by atoms with Crippen molar-refractivity contribution in [3.05, 3.63) is 65.7 Å². The molecule has 0 aliphatic rings. The Morgan fingerprint density at radius 2 is 1.69 bits per heavy atom. The summed E-state index contributed by atoms with van der Waals surface area (Å²) < 4.78 is 27.2. The van der Waals surface area contributed by atoms with Crippen LogP contribution in [0.4, 0.5) is 0 Å². The second-order valence-corrected chi connectivity index (χ2v) is 7.56. The number of benzene rings is 2. The van der Waals surface area contributed by atoms with E-state index in [-0.39, 0.29) is 29.2 Å². The van der Waals surface area contributed by atoms with Crippen LogP contribution in [0.2, 0.25) is 0 Å². The van der Waals surface area contributed by atoms with Gasteiger partial charge in [0, 0.05) is 13.2 Å². The Bertz CT molecular complexity index is 855. The first kappa shape index (κ1) is 20.1. The summed E-state index contributed by atoms with van der Waals surface area (Å²) >= 11 is 0. The summed E-state index contributed by atoms with van der Waals surface area (Å²) in [5.41, 5.74) is 3.59. The van der Waals surface area contributed by atoms with Gasteiger partial charge >= 0.3 is 0 Å². The van der Waals surface area contributed by atoms with Gasteiger partial charge in [0.2, 0.25) is 10.0 Å². The average Bonchev–Trinajstić information content (AvgIpc) is 2.65. The van der Waals surface area contributed by atoms with E-state index in [1.807, 2.05) is 0 Å². The Labute approximate surface area is 152 Å². The van der Waals surface area contributed by atoms with E-state index in [0.717, 1.165) is 0 Å². The Morgan fingerprint density at radius 1 is 1.04 bits per heavy atom. The molecule has 2 aromatic carbocycles. The van der Waals surface area contributed by atoms with Gasteiger partial charge in [-0.2, -0.15) is 0 Å². The Morgan fingerprint density at radius 3 is 2.31 bits per heavy atom. The highest BCUT2D eigenvalue weighted by Crippen LogP contribution is 2.30. The molecule has 1 atom stereocenters. The molecule has 7 nitrogen and oxygen atoms in total. The molecule has 5 N–H and O–H groups in total. The maximum atomic E-state index is 12.4. The second-order valence-electron chi connectivity index (χ2n) is 5.80. The lowest BCUT2D eigenvalue weighted by atomic mass is 9.86. The van der Waals surface area contributed by atoms with Crippen LogP contribution in [0.1, 0.15) is 24.0 Å². The SMILES string of the molecule is NC(=O)C(O)(c1ccccc1)c1cccc(S(=O)(=O)NCCCCO)c1. The van der Waals surface area contributed by atoms with Gasteiger partial charge in [0.05, 0.1) is 4.90 Å². The number of amides is 1. The van der Waals surface area contributed by atoms with Crippen LogP contribution < -0.4 is 10.5 Å². The van der Waals surface area contributed by atoms with Crippen LogP contribution in [-0.2, 0) is 20.4 Å². The highest BCUT2D eigenvalue weighted by atomic mass is 32.2. The van der Waals surface area contributed by atoms with Gasteiger partial charge in [0.25, 0.3) is 5.91 Å². The molecule has 0 aromatic heterocycles. The van der Waals surface area contributed by atoms with Gasteiger partial charge in [-0.15, -0.1) is 0 Å². The molecular weight excluding hydrogens is 356 g/mol. The van der Waals surface area contributed by atoms with Crippen LogP contribution in [0.3, 0.4) is 0 Å². The summed E-state index contributed by atoms with van der Waals surface area (Å²) in [7, 11) is -3.83. The van der Waals surface area contributed by atoms with E-state index in [4.69, 9.17) is 10.8 Å². The van der Waals surface area contributed by atoms with Crippen molar-refractivity contribution in [2.24, 2.45) is 5.73 Å². The monoisotopic (exact) mass is 378 g/mol. The van der Waals surface area contributed by atoms with Crippen LogP contribution in [-0.4, -0.2) is 37.7 Å². The number of sulfonamides is 1. The summed E-state index contributed by atoms with van der Waals surface area (Å²) in [6.07, 6.45) is 0.975. The lowest BCUT2D eigenvalue weighted by molar-refractivity contribution is -0.133. The maximum Gasteiger partial charge on any atom is 0.258 e.